The standard InChI is InChI=1S/C18H25F3N2.ClH/c19-18(20,21)17-5-3-15(4-6-17)16-7-10-23(11-8-16)13-14-2-1-9-22-12-14;/h3-6,14,16,22H,1-2,7-13H2;1H. The lowest BCUT2D eigenvalue weighted by molar-refractivity contribution is -0.137. The van der Waals surface area contributed by atoms with Gasteiger partial charge in [-0.3, -0.25) is 0 Å². The number of halogens is 4. The number of nitrogens with zero attached hydrogens (tertiary/aromatic N) is 1. The Bertz CT molecular complexity index is 490. The highest BCUT2D eigenvalue weighted by Gasteiger charge is 2.30. The summed E-state index contributed by atoms with van der Waals surface area (Å²) >= 11 is 0. The number of rotatable bonds is 3. The number of hydrogen-bond acceptors (Lipinski definition) is 2. The second-order valence-corrected chi connectivity index (χ2v) is 6.91. The molecule has 136 valence electrons. The maximum Gasteiger partial charge on any atom is 0.416 e. The Labute approximate surface area is 148 Å². The summed E-state index contributed by atoms with van der Waals surface area (Å²) < 4.78 is 37.9. The molecule has 24 heavy (non-hydrogen) atoms. The van der Waals surface area contributed by atoms with Crippen LogP contribution in [0.2, 0.25) is 0 Å². The molecule has 2 saturated heterocycles. The molecule has 1 atom stereocenters. The zero-order chi connectivity index (χ0) is 16.3. The van der Waals surface area contributed by atoms with Crippen LogP contribution in [0.3, 0.4) is 0 Å². The lowest BCUT2D eigenvalue weighted by atomic mass is 9.88. The summed E-state index contributed by atoms with van der Waals surface area (Å²) in [6, 6.07) is 5.76. The van der Waals surface area contributed by atoms with E-state index in [4.69, 9.17) is 0 Å². The molecule has 0 aliphatic carbocycles. The molecule has 0 saturated carbocycles. The van der Waals surface area contributed by atoms with E-state index in [-0.39, 0.29) is 12.4 Å². The van der Waals surface area contributed by atoms with E-state index in [1.807, 2.05) is 0 Å². The van der Waals surface area contributed by atoms with Crippen LogP contribution in [0.1, 0.15) is 42.7 Å². The van der Waals surface area contributed by atoms with Crippen molar-refractivity contribution in [3.8, 4) is 0 Å². The average molecular weight is 363 g/mol. The van der Waals surface area contributed by atoms with Gasteiger partial charge in [0.1, 0.15) is 0 Å². The van der Waals surface area contributed by atoms with Gasteiger partial charge in [0.25, 0.3) is 0 Å². The lowest BCUT2D eigenvalue weighted by Gasteiger charge is -2.35. The van der Waals surface area contributed by atoms with Crippen LogP contribution in [0, 0.1) is 5.92 Å². The number of piperidine rings is 2. The van der Waals surface area contributed by atoms with Crippen molar-refractivity contribution in [2.75, 3.05) is 32.7 Å². The first-order chi connectivity index (χ1) is 11.0. The SMILES string of the molecule is Cl.FC(F)(F)c1ccc(C2CCN(CC3CCCNC3)CC2)cc1. The predicted molar refractivity (Wildman–Crippen MR) is 92.7 cm³/mol. The van der Waals surface area contributed by atoms with Crippen molar-refractivity contribution in [2.45, 2.75) is 37.8 Å². The quantitative estimate of drug-likeness (QED) is 0.862. The zero-order valence-corrected chi connectivity index (χ0v) is 14.6. The summed E-state index contributed by atoms with van der Waals surface area (Å²) in [7, 11) is 0. The van der Waals surface area contributed by atoms with E-state index in [1.165, 1.54) is 25.0 Å². The molecule has 2 nitrogen and oxygen atoms in total. The van der Waals surface area contributed by atoms with Gasteiger partial charge in [-0.05, 0) is 81.4 Å². The van der Waals surface area contributed by atoms with E-state index in [0.29, 0.717) is 5.92 Å². The van der Waals surface area contributed by atoms with Crippen molar-refractivity contribution in [1.82, 2.24) is 10.2 Å². The number of benzene rings is 1. The smallest absolute Gasteiger partial charge is 0.316 e. The van der Waals surface area contributed by atoms with E-state index in [0.717, 1.165) is 57.0 Å². The molecule has 3 rings (SSSR count). The topological polar surface area (TPSA) is 15.3 Å². The molecule has 6 heteroatoms. The van der Waals surface area contributed by atoms with Crippen molar-refractivity contribution in [3.05, 3.63) is 35.4 Å². The third-order valence-corrected chi connectivity index (χ3v) is 5.21. The van der Waals surface area contributed by atoms with E-state index in [1.54, 1.807) is 12.1 Å². The van der Waals surface area contributed by atoms with Gasteiger partial charge in [0, 0.05) is 6.54 Å². The molecule has 1 aromatic carbocycles. The van der Waals surface area contributed by atoms with Crippen LogP contribution in [0.5, 0.6) is 0 Å². The van der Waals surface area contributed by atoms with Gasteiger partial charge in [0.2, 0.25) is 0 Å². The minimum Gasteiger partial charge on any atom is -0.316 e. The Kier molecular flexibility index (Phi) is 6.96. The maximum absolute atomic E-state index is 12.6. The molecule has 0 radical (unpaired) electrons. The molecule has 0 spiro atoms. The Morgan fingerprint density at radius 3 is 2.25 bits per heavy atom. The largest absolute Gasteiger partial charge is 0.416 e. The monoisotopic (exact) mass is 362 g/mol. The Morgan fingerprint density at radius 1 is 1.04 bits per heavy atom. The number of likely N-dealkylation sites (tertiary alicyclic amines) is 1. The van der Waals surface area contributed by atoms with Crippen LogP contribution in [0.25, 0.3) is 0 Å². The number of alkyl halides is 3. The minimum absolute atomic E-state index is 0. The van der Waals surface area contributed by atoms with E-state index in [2.05, 4.69) is 10.2 Å². The second kappa shape index (κ2) is 8.54. The van der Waals surface area contributed by atoms with Crippen LogP contribution in [0.15, 0.2) is 24.3 Å². The third kappa shape index (κ3) is 5.11. The third-order valence-electron chi connectivity index (χ3n) is 5.21. The maximum atomic E-state index is 12.6. The molecule has 2 aliphatic heterocycles. The second-order valence-electron chi connectivity index (χ2n) is 6.91. The molecular weight excluding hydrogens is 337 g/mol. The molecule has 0 aromatic heterocycles. The zero-order valence-electron chi connectivity index (χ0n) is 13.8. The highest BCUT2D eigenvalue weighted by atomic mass is 35.5. The minimum atomic E-state index is -4.24. The fourth-order valence-corrected chi connectivity index (χ4v) is 3.84. The van der Waals surface area contributed by atoms with Gasteiger partial charge in [0.15, 0.2) is 0 Å². The molecule has 2 aliphatic rings. The van der Waals surface area contributed by atoms with E-state index < -0.39 is 11.7 Å². The molecule has 1 N–H and O–H groups in total. The Hall–Kier alpha value is -0.780. The summed E-state index contributed by atoms with van der Waals surface area (Å²) in [5.74, 6) is 1.16. The molecule has 1 aromatic rings. The van der Waals surface area contributed by atoms with Crippen molar-refractivity contribution in [1.29, 1.82) is 0 Å². The molecular formula is C18H26ClF3N2. The van der Waals surface area contributed by atoms with Gasteiger partial charge in [-0.15, -0.1) is 12.4 Å². The van der Waals surface area contributed by atoms with Crippen molar-refractivity contribution >= 4 is 12.4 Å². The van der Waals surface area contributed by atoms with E-state index >= 15 is 0 Å². The van der Waals surface area contributed by atoms with Gasteiger partial charge < -0.3 is 10.2 Å². The van der Waals surface area contributed by atoms with E-state index in [9.17, 15) is 13.2 Å². The number of hydrogen-bond donors (Lipinski definition) is 1. The Balaban J connectivity index is 0.00000208. The van der Waals surface area contributed by atoms with Crippen molar-refractivity contribution in [3.63, 3.8) is 0 Å². The van der Waals surface area contributed by atoms with Crippen LogP contribution in [-0.2, 0) is 6.18 Å². The van der Waals surface area contributed by atoms with Gasteiger partial charge in [-0.1, -0.05) is 12.1 Å². The van der Waals surface area contributed by atoms with Crippen molar-refractivity contribution < 1.29 is 13.2 Å². The fraction of sp³-hybridized carbons (Fsp3) is 0.667. The van der Waals surface area contributed by atoms with Gasteiger partial charge in [-0.2, -0.15) is 13.2 Å². The van der Waals surface area contributed by atoms with Gasteiger partial charge >= 0.3 is 6.18 Å². The average Bonchev–Trinajstić information content (AvgIpc) is 2.56. The molecule has 2 heterocycles. The summed E-state index contributed by atoms with van der Waals surface area (Å²) in [5, 5.41) is 3.46. The van der Waals surface area contributed by atoms with Crippen LogP contribution >= 0.6 is 12.4 Å². The summed E-state index contributed by atoms with van der Waals surface area (Å²) in [5.41, 5.74) is 0.500. The van der Waals surface area contributed by atoms with Crippen LogP contribution in [-0.4, -0.2) is 37.6 Å². The first-order valence-electron chi connectivity index (χ1n) is 8.62. The molecule has 1 unspecified atom stereocenters. The molecule has 2 fully saturated rings. The van der Waals surface area contributed by atoms with Gasteiger partial charge in [-0.25, -0.2) is 0 Å². The molecule has 0 bridgehead atoms. The van der Waals surface area contributed by atoms with Crippen molar-refractivity contribution in [2.24, 2.45) is 5.92 Å². The fourth-order valence-electron chi connectivity index (χ4n) is 3.84. The van der Waals surface area contributed by atoms with Gasteiger partial charge in [0.05, 0.1) is 5.56 Å². The highest BCUT2D eigenvalue weighted by molar-refractivity contribution is 5.85. The normalized spacial score (nSPS) is 23.7. The summed E-state index contributed by atoms with van der Waals surface area (Å²) in [6.07, 6.45) is 0.436. The molecule has 0 amide bonds. The first-order valence-corrected chi connectivity index (χ1v) is 8.62. The van der Waals surface area contributed by atoms with Crippen LogP contribution in [0.4, 0.5) is 13.2 Å². The number of nitrogens with one attached hydrogen (secondary N) is 1. The summed E-state index contributed by atoms with van der Waals surface area (Å²) in [6.45, 7) is 5.54. The lowest BCUT2D eigenvalue weighted by Crippen LogP contribution is -2.41. The first kappa shape index (κ1) is 19.5. The Morgan fingerprint density at radius 2 is 1.71 bits per heavy atom. The summed E-state index contributed by atoms with van der Waals surface area (Å²) in [4.78, 5) is 2.53. The van der Waals surface area contributed by atoms with Crippen LogP contribution < -0.4 is 5.32 Å². The highest BCUT2D eigenvalue weighted by Crippen LogP contribution is 2.33. The predicted octanol–water partition coefficient (Wildman–Crippen LogP) is 4.31.